The highest BCUT2D eigenvalue weighted by Crippen LogP contribution is 2.18. The van der Waals surface area contributed by atoms with Crippen molar-refractivity contribution in [2.45, 2.75) is 45.6 Å². The number of hydrogen-bond donors (Lipinski definition) is 0. The van der Waals surface area contributed by atoms with Gasteiger partial charge in [-0.2, -0.15) is 0 Å². The van der Waals surface area contributed by atoms with Crippen molar-refractivity contribution in [2.24, 2.45) is 0 Å². The first kappa shape index (κ1) is 14.2. The van der Waals surface area contributed by atoms with Crippen molar-refractivity contribution in [1.29, 1.82) is 0 Å². The van der Waals surface area contributed by atoms with Crippen LogP contribution in [0.25, 0.3) is 0 Å². The molecule has 0 radical (unpaired) electrons. The summed E-state index contributed by atoms with van der Waals surface area (Å²) in [6.07, 6.45) is 3.68. The standard InChI is InChI=1S/C13H24N2O2/c1-4-15(5-2)13(17)10-14(3)11-8-6-7-9-12(11)16/h11H,4-10H2,1-3H3. The molecule has 0 spiro atoms. The predicted molar refractivity (Wildman–Crippen MR) is 67.8 cm³/mol. The largest absolute Gasteiger partial charge is 0.342 e. The fraction of sp³-hybridized carbons (Fsp3) is 0.846. The van der Waals surface area contributed by atoms with Gasteiger partial charge in [-0.25, -0.2) is 0 Å². The van der Waals surface area contributed by atoms with Crippen molar-refractivity contribution >= 4 is 11.7 Å². The van der Waals surface area contributed by atoms with Crippen LogP contribution in [0.5, 0.6) is 0 Å². The predicted octanol–water partition coefficient (Wildman–Crippen LogP) is 1.30. The Balaban J connectivity index is 2.49. The number of ketones is 1. The minimum Gasteiger partial charge on any atom is -0.342 e. The Morgan fingerprint density at radius 1 is 1.29 bits per heavy atom. The van der Waals surface area contributed by atoms with Crippen molar-refractivity contribution in [3.05, 3.63) is 0 Å². The summed E-state index contributed by atoms with van der Waals surface area (Å²) in [6.45, 7) is 5.79. The summed E-state index contributed by atoms with van der Waals surface area (Å²) >= 11 is 0. The zero-order valence-corrected chi connectivity index (χ0v) is 11.2. The van der Waals surface area contributed by atoms with Crippen molar-refractivity contribution in [3.8, 4) is 0 Å². The quantitative estimate of drug-likeness (QED) is 0.727. The van der Waals surface area contributed by atoms with Gasteiger partial charge in [0.05, 0.1) is 12.6 Å². The van der Waals surface area contributed by atoms with E-state index in [9.17, 15) is 9.59 Å². The maximum Gasteiger partial charge on any atom is 0.236 e. The Bertz CT molecular complexity index is 275. The van der Waals surface area contributed by atoms with Crippen molar-refractivity contribution < 1.29 is 9.59 Å². The van der Waals surface area contributed by atoms with E-state index in [1.807, 2.05) is 30.7 Å². The third-order valence-electron chi connectivity index (χ3n) is 3.56. The molecule has 0 aromatic heterocycles. The Morgan fingerprint density at radius 2 is 1.94 bits per heavy atom. The van der Waals surface area contributed by atoms with Crippen LogP contribution in [0.3, 0.4) is 0 Å². The molecule has 0 bridgehead atoms. The molecule has 0 heterocycles. The van der Waals surface area contributed by atoms with Crippen LogP contribution >= 0.6 is 0 Å². The normalized spacial score (nSPS) is 20.7. The van der Waals surface area contributed by atoms with E-state index in [0.29, 0.717) is 18.7 Å². The number of nitrogens with zero attached hydrogens (tertiary/aromatic N) is 2. The molecule has 98 valence electrons. The maximum absolute atomic E-state index is 11.9. The molecule has 1 aliphatic carbocycles. The first-order chi connectivity index (χ1) is 8.10. The average Bonchev–Trinajstić information content (AvgIpc) is 2.31. The van der Waals surface area contributed by atoms with Crippen LogP contribution < -0.4 is 0 Å². The van der Waals surface area contributed by atoms with Gasteiger partial charge < -0.3 is 4.90 Å². The van der Waals surface area contributed by atoms with E-state index in [1.54, 1.807) is 0 Å². The lowest BCUT2D eigenvalue weighted by Gasteiger charge is -2.31. The summed E-state index contributed by atoms with van der Waals surface area (Å²) in [4.78, 5) is 27.4. The summed E-state index contributed by atoms with van der Waals surface area (Å²) in [5, 5.41) is 0. The second-order valence-corrected chi connectivity index (χ2v) is 4.71. The fourth-order valence-corrected chi connectivity index (χ4v) is 2.43. The van der Waals surface area contributed by atoms with Crippen molar-refractivity contribution in [2.75, 3.05) is 26.7 Å². The molecule has 1 saturated carbocycles. The Kier molecular flexibility index (Phi) is 5.62. The van der Waals surface area contributed by atoms with E-state index in [4.69, 9.17) is 0 Å². The van der Waals surface area contributed by atoms with Crippen LogP contribution in [-0.4, -0.2) is 54.2 Å². The summed E-state index contributed by atoms with van der Waals surface area (Å²) in [5.74, 6) is 0.418. The van der Waals surface area contributed by atoms with Gasteiger partial charge in [0.1, 0.15) is 5.78 Å². The summed E-state index contributed by atoms with van der Waals surface area (Å²) in [7, 11) is 1.88. The van der Waals surface area contributed by atoms with Crippen LogP contribution in [0.15, 0.2) is 0 Å². The SMILES string of the molecule is CCN(CC)C(=O)CN(C)C1CCCCC1=O. The lowest BCUT2D eigenvalue weighted by Crippen LogP contribution is -2.46. The number of Topliss-reactive ketones (excluding diaryl/α,β-unsaturated/α-hetero) is 1. The average molecular weight is 240 g/mol. The molecule has 0 aromatic rings. The zero-order chi connectivity index (χ0) is 12.8. The molecular weight excluding hydrogens is 216 g/mol. The molecule has 1 atom stereocenters. The smallest absolute Gasteiger partial charge is 0.236 e. The van der Waals surface area contributed by atoms with E-state index in [1.165, 1.54) is 0 Å². The lowest BCUT2D eigenvalue weighted by atomic mass is 9.93. The van der Waals surface area contributed by atoms with Crippen LogP contribution in [0.4, 0.5) is 0 Å². The topological polar surface area (TPSA) is 40.6 Å². The van der Waals surface area contributed by atoms with E-state index in [0.717, 1.165) is 32.4 Å². The number of carbonyl (C=O) groups excluding carboxylic acids is 2. The van der Waals surface area contributed by atoms with Crippen molar-refractivity contribution in [1.82, 2.24) is 9.80 Å². The van der Waals surface area contributed by atoms with Gasteiger partial charge in [-0.15, -0.1) is 0 Å². The molecule has 1 unspecified atom stereocenters. The molecule has 0 saturated heterocycles. The molecule has 1 rings (SSSR count). The molecule has 0 aliphatic heterocycles. The monoisotopic (exact) mass is 240 g/mol. The Labute approximate surface area is 104 Å². The van der Waals surface area contributed by atoms with Gasteiger partial charge in [0.25, 0.3) is 0 Å². The molecule has 1 amide bonds. The number of carbonyl (C=O) groups is 2. The molecule has 1 fully saturated rings. The van der Waals surface area contributed by atoms with Crippen molar-refractivity contribution in [3.63, 3.8) is 0 Å². The van der Waals surface area contributed by atoms with Crippen LogP contribution in [-0.2, 0) is 9.59 Å². The minimum atomic E-state index is -0.0386. The van der Waals surface area contributed by atoms with Gasteiger partial charge >= 0.3 is 0 Å². The van der Waals surface area contributed by atoms with Crippen LogP contribution in [0, 0.1) is 0 Å². The lowest BCUT2D eigenvalue weighted by molar-refractivity contribution is -0.134. The number of amides is 1. The summed E-state index contributed by atoms with van der Waals surface area (Å²) < 4.78 is 0. The summed E-state index contributed by atoms with van der Waals surface area (Å²) in [5.41, 5.74) is 0. The molecular formula is C13H24N2O2. The first-order valence-corrected chi connectivity index (χ1v) is 6.60. The van der Waals surface area contributed by atoms with Gasteiger partial charge in [-0.05, 0) is 33.7 Å². The maximum atomic E-state index is 11.9. The van der Waals surface area contributed by atoms with Crippen LogP contribution in [0.1, 0.15) is 39.5 Å². The van der Waals surface area contributed by atoms with E-state index >= 15 is 0 Å². The fourth-order valence-electron chi connectivity index (χ4n) is 2.43. The molecule has 4 heteroatoms. The van der Waals surface area contributed by atoms with E-state index < -0.39 is 0 Å². The minimum absolute atomic E-state index is 0.0386. The van der Waals surface area contributed by atoms with E-state index in [-0.39, 0.29) is 11.9 Å². The first-order valence-electron chi connectivity index (χ1n) is 6.60. The van der Waals surface area contributed by atoms with E-state index in [2.05, 4.69) is 0 Å². The highest BCUT2D eigenvalue weighted by atomic mass is 16.2. The number of likely N-dealkylation sites (N-methyl/N-ethyl adjacent to an activating group) is 2. The molecule has 4 nitrogen and oxygen atoms in total. The number of rotatable bonds is 5. The van der Waals surface area contributed by atoms with Gasteiger partial charge in [0.15, 0.2) is 0 Å². The number of hydrogen-bond acceptors (Lipinski definition) is 3. The van der Waals surface area contributed by atoms with Crippen LogP contribution in [0.2, 0.25) is 0 Å². The Morgan fingerprint density at radius 3 is 2.47 bits per heavy atom. The second-order valence-electron chi connectivity index (χ2n) is 4.71. The van der Waals surface area contributed by atoms with Gasteiger partial charge in [0, 0.05) is 19.5 Å². The van der Waals surface area contributed by atoms with Gasteiger partial charge in [-0.1, -0.05) is 6.42 Å². The molecule has 1 aliphatic rings. The highest BCUT2D eigenvalue weighted by molar-refractivity contribution is 5.85. The third kappa shape index (κ3) is 3.80. The molecule has 0 N–H and O–H groups in total. The molecule has 17 heavy (non-hydrogen) atoms. The second kappa shape index (κ2) is 6.74. The zero-order valence-electron chi connectivity index (χ0n) is 11.2. The molecule has 0 aromatic carbocycles. The summed E-state index contributed by atoms with van der Waals surface area (Å²) in [6, 6.07) is -0.0386. The third-order valence-corrected chi connectivity index (χ3v) is 3.56. The highest BCUT2D eigenvalue weighted by Gasteiger charge is 2.27. The van der Waals surface area contributed by atoms with Gasteiger partial charge in [-0.3, -0.25) is 14.5 Å². The van der Waals surface area contributed by atoms with Gasteiger partial charge in [0.2, 0.25) is 5.91 Å². The Hall–Kier alpha value is -0.900.